The Bertz CT molecular complexity index is 130. The largest absolute Gasteiger partial charge is 0.379 e. The zero-order valence-electron chi connectivity index (χ0n) is 3.96. The van der Waals surface area contributed by atoms with Gasteiger partial charge in [-0.25, -0.2) is 5.14 Å². The Kier molecular flexibility index (Phi) is 5.77. The van der Waals surface area contributed by atoms with E-state index < -0.39 is 17.0 Å². The molecule has 9 heavy (non-hydrogen) atoms. The van der Waals surface area contributed by atoms with Gasteiger partial charge in [-0.05, 0) is 0 Å². The quantitative estimate of drug-likeness (QED) is 0.495. The molecule has 0 saturated carbocycles. The Morgan fingerprint density at radius 2 is 1.33 bits per heavy atom. The first-order valence-corrected chi connectivity index (χ1v) is 2.91. The molecule has 0 saturated heterocycles. The molecule has 0 spiro atoms. The predicted molar refractivity (Wildman–Crippen MR) is 22.8 cm³/mol. The number of nitrogens with two attached hydrogens (primary N) is 1. The van der Waals surface area contributed by atoms with Crippen molar-refractivity contribution in [2.45, 2.75) is 6.68 Å². The van der Waals surface area contributed by atoms with Crippen LogP contribution in [0.25, 0.3) is 0 Å². The SMILES string of the molecule is FC(F)F.NS(=O)(=O)O. The highest BCUT2D eigenvalue weighted by molar-refractivity contribution is 7.83. The minimum Gasteiger partial charge on any atom is -0.274 e. The number of hydrogen-bond donors (Lipinski definition) is 2. The summed E-state index contributed by atoms with van der Waals surface area (Å²) in [6, 6.07) is 0. The van der Waals surface area contributed by atoms with Crippen LogP contribution in [-0.2, 0) is 10.3 Å². The van der Waals surface area contributed by atoms with Crippen LogP contribution in [0, 0.1) is 0 Å². The van der Waals surface area contributed by atoms with E-state index in [0.717, 1.165) is 0 Å². The van der Waals surface area contributed by atoms with Gasteiger partial charge in [0, 0.05) is 0 Å². The van der Waals surface area contributed by atoms with Crippen molar-refractivity contribution in [1.29, 1.82) is 0 Å². The summed E-state index contributed by atoms with van der Waals surface area (Å²) in [5.74, 6) is 0. The molecule has 0 unspecified atom stereocenters. The molecule has 4 nitrogen and oxygen atoms in total. The third-order valence-electron chi connectivity index (χ3n) is 0. The van der Waals surface area contributed by atoms with E-state index in [2.05, 4.69) is 5.14 Å². The van der Waals surface area contributed by atoms with Crippen molar-refractivity contribution in [2.75, 3.05) is 0 Å². The maximum absolute atomic E-state index is 9.67. The van der Waals surface area contributed by atoms with Gasteiger partial charge in [0.1, 0.15) is 0 Å². The maximum Gasteiger partial charge on any atom is 0.379 e. The molecule has 0 rings (SSSR count). The minimum atomic E-state index is -4.17. The van der Waals surface area contributed by atoms with Gasteiger partial charge in [0.2, 0.25) is 0 Å². The Hall–Kier alpha value is -0.340. The van der Waals surface area contributed by atoms with E-state index in [1.807, 2.05) is 0 Å². The zero-order valence-corrected chi connectivity index (χ0v) is 4.78. The van der Waals surface area contributed by atoms with Crippen LogP contribution in [0.5, 0.6) is 0 Å². The van der Waals surface area contributed by atoms with Crippen LogP contribution in [0.15, 0.2) is 0 Å². The fourth-order valence-electron chi connectivity index (χ4n) is 0. The summed E-state index contributed by atoms with van der Waals surface area (Å²) >= 11 is 0. The summed E-state index contributed by atoms with van der Waals surface area (Å²) in [5.41, 5.74) is 0. The van der Waals surface area contributed by atoms with Crippen molar-refractivity contribution < 1.29 is 26.1 Å². The van der Waals surface area contributed by atoms with E-state index >= 15 is 0 Å². The van der Waals surface area contributed by atoms with Gasteiger partial charge in [0.15, 0.2) is 0 Å². The third-order valence-corrected chi connectivity index (χ3v) is 0. The molecule has 3 N–H and O–H groups in total. The summed E-state index contributed by atoms with van der Waals surface area (Å²) < 4.78 is 54.2. The number of rotatable bonds is 0. The van der Waals surface area contributed by atoms with E-state index in [-0.39, 0.29) is 0 Å². The van der Waals surface area contributed by atoms with Crippen LogP contribution in [0.1, 0.15) is 0 Å². The lowest BCUT2D eigenvalue weighted by Crippen LogP contribution is -2.08. The van der Waals surface area contributed by atoms with Crippen LogP contribution in [-0.4, -0.2) is 19.6 Å². The number of hydrogen-bond acceptors (Lipinski definition) is 2. The molecule has 0 aromatic rings. The van der Waals surface area contributed by atoms with Gasteiger partial charge >= 0.3 is 17.0 Å². The average molecular weight is 167 g/mol. The summed E-state index contributed by atoms with van der Waals surface area (Å²) in [6.45, 7) is -3.67. The zero-order chi connectivity index (χ0) is 8.08. The van der Waals surface area contributed by atoms with Crippen molar-refractivity contribution in [1.82, 2.24) is 0 Å². The Labute approximate surface area is 49.3 Å². The Morgan fingerprint density at radius 3 is 1.33 bits per heavy atom. The van der Waals surface area contributed by atoms with E-state index in [1.54, 1.807) is 0 Å². The van der Waals surface area contributed by atoms with E-state index in [1.165, 1.54) is 0 Å². The highest BCUT2D eigenvalue weighted by atomic mass is 32.2. The Balaban J connectivity index is 0. The van der Waals surface area contributed by atoms with Gasteiger partial charge in [-0.1, -0.05) is 0 Å². The molecule has 0 bridgehead atoms. The van der Waals surface area contributed by atoms with Crippen LogP contribution in [0.4, 0.5) is 13.2 Å². The van der Waals surface area contributed by atoms with Gasteiger partial charge in [-0.3, -0.25) is 4.55 Å². The molecule has 0 aromatic carbocycles. The molecule has 0 amide bonds. The first kappa shape index (κ1) is 11.5. The third kappa shape index (κ3) is 2120. The van der Waals surface area contributed by atoms with Crippen molar-refractivity contribution in [3.63, 3.8) is 0 Å². The number of halogens is 3. The van der Waals surface area contributed by atoms with Crippen LogP contribution in [0.3, 0.4) is 0 Å². The van der Waals surface area contributed by atoms with Gasteiger partial charge in [-0.2, -0.15) is 21.6 Å². The van der Waals surface area contributed by atoms with Crippen molar-refractivity contribution >= 4 is 10.3 Å². The lowest BCUT2D eigenvalue weighted by atomic mass is 11.6. The molecule has 0 fully saturated rings. The smallest absolute Gasteiger partial charge is 0.274 e. The molecular formula is CH4F3NO3S. The lowest BCUT2D eigenvalue weighted by molar-refractivity contribution is 0.00819. The lowest BCUT2D eigenvalue weighted by Gasteiger charge is -1.70. The molecule has 0 heterocycles. The van der Waals surface area contributed by atoms with Gasteiger partial charge in [0.05, 0.1) is 0 Å². The van der Waals surface area contributed by atoms with Gasteiger partial charge in [-0.15, -0.1) is 0 Å². The number of alkyl halides is 3. The topological polar surface area (TPSA) is 80.4 Å². The van der Waals surface area contributed by atoms with Gasteiger partial charge in [0.25, 0.3) is 0 Å². The van der Waals surface area contributed by atoms with Crippen molar-refractivity contribution in [2.24, 2.45) is 5.14 Å². The molecule has 0 radical (unpaired) electrons. The molecule has 0 atom stereocenters. The highest BCUT2D eigenvalue weighted by Gasteiger charge is 1.86. The van der Waals surface area contributed by atoms with E-state index in [0.29, 0.717) is 0 Å². The summed E-state index contributed by atoms with van der Waals surface area (Å²) in [4.78, 5) is 0. The Morgan fingerprint density at radius 1 is 1.33 bits per heavy atom. The fourth-order valence-corrected chi connectivity index (χ4v) is 0. The highest BCUT2D eigenvalue weighted by Crippen LogP contribution is 1.87. The maximum atomic E-state index is 9.67. The molecular weight excluding hydrogens is 163 g/mol. The standard InChI is InChI=1S/CHF3.H3NO3S/c2-1(3)4;1-5(2,3)4/h1H;(H3,1,2,3,4). The van der Waals surface area contributed by atoms with Crippen molar-refractivity contribution in [3.8, 4) is 0 Å². The molecule has 0 aromatic heterocycles. The summed E-state index contributed by atoms with van der Waals surface area (Å²) in [5, 5.41) is 3.88. The second-order valence-corrected chi connectivity index (χ2v) is 1.79. The molecule has 8 heteroatoms. The van der Waals surface area contributed by atoms with Crippen LogP contribution in [0.2, 0.25) is 0 Å². The average Bonchev–Trinajstić information content (AvgIpc) is 1.19. The molecule has 0 aliphatic heterocycles. The first-order valence-electron chi connectivity index (χ1n) is 1.41. The second-order valence-electron chi connectivity index (χ2n) is 0.762. The van der Waals surface area contributed by atoms with E-state index in [4.69, 9.17) is 13.0 Å². The molecule has 0 aliphatic carbocycles. The second kappa shape index (κ2) is 4.53. The fraction of sp³-hybridized carbons (Fsp3) is 1.00. The first-order chi connectivity index (χ1) is 3.73. The van der Waals surface area contributed by atoms with Crippen molar-refractivity contribution in [3.05, 3.63) is 0 Å². The molecule has 0 aliphatic rings. The van der Waals surface area contributed by atoms with Gasteiger partial charge < -0.3 is 0 Å². The van der Waals surface area contributed by atoms with E-state index in [9.17, 15) is 13.2 Å². The molecule has 58 valence electrons. The van der Waals surface area contributed by atoms with Crippen LogP contribution >= 0.6 is 0 Å². The monoisotopic (exact) mass is 167 g/mol. The van der Waals surface area contributed by atoms with Crippen LogP contribution < -0.4 is 5.14 Å². The normalized spacial score (nSPS) is 10.4. The minimum absolute atomic E-state index is 3.67. The summed E-state index contributed by atoms with van der Waals surface area (Å²) in [7, 11) is -4.17. The predicted octanol–water partition coefficient (Wildman–Crippen LogP) is -0.0736. The summed E-state index contributed by atoms with van der Waals surface area (Å²) in [6.07, 6.45) is 0.